The van der Waals surface area contributed by atoms with Gasteiger partial charge in [-0.2, -0.15) is 0 Å². The minimum Gasteiger partial charge on any atom is -0.490 e. The Morgan fingerprint density at radius 1 is 1.07 bits per heavy atom. The Morgan fingerprint density at radius 3 is 2.46 bits per heavy atom. The fourth-order valence-corrected chi connectivity index (χ4v) is 3.78. The van der Waals surface area contributed by atoms with Crippen molar-refractivity contribution in [2.75, 3.05) is 12.4 Å². The summed E-state index contributed by atoms with van der Waals surface area (Å²) in [6.07, 6.45) is -0.611. The minimum absolute atomic E-state index is 0.236. The monoisotopic (exact) mass is 417 g/mol. The van der Waals surface area contributed by atoms with Gasteiger partial charge < -0.3 is 14.4 Å². The van der Waals surface area contributed by atoms with Crippen LogP contribution in [-0.4, -0.2) is 38.3 Å². The lowest BCUT2D eigenvalue weighted by molar-refractivity contribution is 0.125. The first-order valence-corrected chi connectivity index (χ1v) is 10.4. The van der Waals surface area contributed by atoms with Crippen molar-refractivity contribution in [3.8, 4) is 17.1 Å². The summed E-state index contributed by atoms with van der Waals surface area (Å²) in [5.74, 6) is 2.08. The maximum absolute atomic E-state index is 10.4. The van der Waals surface area contributed by atoms with Gasteiger partial charge in [-0.25, -0.2) is 0 Å². The van der Waals surface area contributed by atoms with E-state index in [0.29, 0.717) is 10.8 Å². The lowest BCUT2D eigenvalue weighted by Gasteiger charge is -2.16. The van der Waals surface area contributed by atoms with Crippen molar-refractivity contribution in [3.05, 3.63) is 58.1 Å². The highest BCUT2D eigenvalue weighted by Crippen LogP contribution is 2.27. The second kappa shape index (κ2) is 8.99. The third-order valence-electron chi connectivity index (χ3n) is 4.64. The Balaban J connectivity index is 1.59. The molecule has 0 bridgehead atoms. The van der Waals surface area contributed by atoms with Gasteiger partial charge in [0.05, 0.1) is 6.10 Å². The highest BCUT2D eigenvalue weighted by molar-refractivity contribution is 7.99. The lowest BCUT2D eigenvalue weighted by atomic mass is 10.1. The molecule has 3 rings (SSSR count). The first-order valence-electron chi connectivity index (χ1n) is 9.02. The van der Waals surface area contributed by atoms with Crippen molar-refractivity contribution in [1.29, 1.82) is 0 Å². The quantitative estimate of drug-likeness (QED) is 0.569. The molecule has 1 atom stereocenters. The Bertz CT molecular complexity index is 957. The number of hydrogen-bond acceptors (Lipinski definition) is 5. The number of aliphatic hydroxyl groups excluding tert-OH is 1. The number of halogens is 1. The van der Waals surface area contributed by atoms with E-state index < -0.39 is 6.10 Å². The number of benzene rings is 2. The molecule has 148 valence electrons. The average molecular weight is 418 g/mol. The van der Waals surface area contributed by atoms with Gasteiger partial charge >= 0.3 is 0 Å². The highest BCUT2D eigenvalue weighted by Gasteiger charge is 2.15. The molecule has 1 N–H and O–H groups in total. The fraction of sp³-hybridized carbons (Fsp3) is 0.333. The molecule has 1 heterocycles. The summed E-state index contributed by atoms with van der Waals surface area (Å²) in [5, 5.41) is 20.3. The van der Waals surface area contributed by atoms with E-state index in [0.717, 1.165) is 33.4 Å². The molecule has 28 heavy (non-hydrogen) atoms. The number of aromatic nitrogens is 3. The third-order valence-corrected chi connectivity index (χ3v) is 6.05. The van der Waals surface area contributed by atoms with Crippen molar-refractivity contribution >= 4 is 23.4 Å². The summed E-state index contributed by atoms with van der Waals surface area (Å²) in [7, 11) is 1.91. The standard InChI is InChI=1S/C21H24ClN3O2S/c1-13-5-6-14(2)19(15(13)3)27-11-18(26)12-28-21-24-23-20(25(21)4)16-7-9-17(22)10-8-16/h5-10,18,26H,11-12H2,1-4H3/t18-/m1/s1. The number of nitrogens with zero attached hydrogens (tertiary/aromatic N) is 3. The summed E-state index contributed by atoms with van der Waals surface area (Å²) in [5.41, 5.74) is 4.31. The van der Waals surface area contributed by atoms with Crippen molar-refractivity contribution < 1.29 is 9.84 Å². The molecule has 0 unspecified atom stereocenters. The van der Waals surface area contributed by atoms with E-state index in [1.165, 1.54) is 17.3 Å². The fourth-order valence-electron chi connectivity index (χ4n) is 2.84. The predicted molar refractivity (Wildman–Crippen MR) is 114 cm³/mol. The predicted octanol–water partition coefficient (Wildman–Crippen LogP) is 4.59. The second-order valence-corrected chi connectivity index (χ2v) is 8.22. The summed E-state index contributed by atoms with van der Waals surface area (Å²) >= 11 is 7.40. The topological polar surface area (TPSA) is 60.2 Å². The Kier molecular flexibility index (Phi) is 6.65. The number of aryl methyl sites for hydroxylation is 2. The zero-order chi connectivity index (χ0) is 20.3. The molecular formula is C21H24ClN3O2S. The number of aliphatic hydroxyl groups is 1. The van der Waals surface area contributed by atoms with Gasteiger partial charge in [0.25, 0.3) is 0 Å². The molecule has 0 saturated heterocycles. The minimum atomic E-state index is -0.611. The molecule has 5 nitrogen and oxygen atoms in total. The molecular weight excluding hydrogens is 394 g/mol. The van der Waals surface area contributed by atoms with E-state index in [1.54, 1.807) is 0 Å². The number of thioether (sulfide) groups is 1. The van der Waals surface area contributed by atoms with E-state index >= 15 is 0 Å². The molecule has 0 aliphatic rings. The van der Waals surface area contributed by atoms with Gasteiger partial charge in [0.1, 0.15) is 12.4 Å². The van der Waals surface area contributed by atoms with Crippen LogP contribution in [-0.2, 0) is 7.05 Å². The van der Waals surface area contributed by atoms with Gasteiger partial charge in [-0.15, -0.1) is 10.2 Å². The molecule has 0 aliphatic carbocycles. The third kappa shape index (κ3) is 4.69. The molecule has 0 amide bonds. The van der Waals surface area contributed by atoms with Crippen LogP contribution in [0.1, 0.15) is 16.7 Å². The normalized spacial score (nSPS) is 12.2. The van der Waals surface area contributed by atoms with E-state index in [4.69, 9.17) is 16.3 Å². The van der Waals surface area contributed by atoms with Gasteiger partial charge in [0, 0.05) is 23.4 Å². The summed E-state index contributed by atoms with van der Waals surface area (Å²) in [6.45, 7) is 6.34. The zero-order valence-electron chi connectivity index (χ0n) is 16.4. The molecule has 2 aromatic carbocycles. The number of rotatable bonds is 7. The van der Waals surface area contributed by atoms with Crippen molar-refractivity contribution in [2.45, 2.75) is 32.0 Å². The second-order valence-electron chi connectivity index (χ2n) is 6.80. The summed E-state index contributed by atoms with van der Waals surface area (Å²) in [6, 6.07) is 11.6. The van der Waals surface area contributed by atoms with Crippen molar-refractivity contribution in [2.24, 2.45) is 7.05 Å². The maximum Gasteiger partial charge on any atom is 0.191 e. The Hall–Kier alpha value is -2.02. The first kappa shape index (κ1) is 20.7. The number of hydrogen-bond donors (Lipinski definition) is 1. The van der Waals surface area contributed by atoms with Crippen LogP contribution in [0, 0.1) is 20.8 Å². The highest BCUT2D eigenvalue weighted by atomic mass is 35.5. The zero-order valence-corrected chi connectivity index (χ0v) is 18.0. The molecule has 1 aromatic heterocycles. The number of ether oxygens (including phenoxy) is 1. The maximum atomic E-state index is 10.4. The van der Waals surface area contributed by atoms with Crippen LogP contribution in [0.3, 0.4) is 0 Å². The van der Waals surface area contributed by atoms with E-state index in [9.17, 15) is 5.11 Å². The van der Waals surface area contributed by atoms with Gasteiger partial charge in [0.2, 0.25) is 0 Å². The van der Waals surface area contributed by atoms with Crippen LogP contribution in [0.25, 0.3) is 11.4 Å². The molecule has 7 heteroatoms. The van der Waals surface area contributed by atoms with Crippen LogP contribution in [0.4, 0.5) is 0 Å². The summed E-state index contributed by atoms with van der Waals surface area (Å²) < 4.78 is 7.81. The van der Waals surface area contributed by atoms with Crippen LogP contribution < -0.4 is 4.74 Å². The Morgan fingerprint density at radius 2 is 1.75 bits per heavy atom. The van der Waals surface area contributed by atoms with Gasteiger partial charge in [0.15, 0.2) is 11.0 Å². The first-order chi connectivity index (χ1) is 13.4. The molecule has 0 saturated carbocycles. The largest absolute Gasteiger partial charge is 0.490 e. The van der Waals surface area contributed by atoms with Crippen LogP contribution in [0.2, 0.25) is 5.02 Å². The van der Waals surface area contributed by atoms with E-state index in [-0.39, 0.29) is 6.61 Å². The van der Waals surface area contributed by atoms with Crippen LogP contribution in [0.5, 0.6) is 5.75 Å². The molecule has 0 aliphatic heterocycles. The average Bonchev–Trinajstić information content (AvgIpc) is 3.04. The molecule has 0 spiro atoms. The lowest BCUT2D eigenvalue weighted by Crippen LogP contribution is -2.21. The van der Waals surface area contributed by atoms with Crippen molar-refractivity contribution in [1.82, 2.24) is 14.8 Å². The van der Waals surface area contributed by atoms with E-state index in [2.05, 4.69) is 23.2 Å². The van der Waals surface area contributed by atoms with Crippen LogP contribution >= 0.6 is 23.4 Å². The SMILES string of the molecule is Cc1ccc(C)c(OC[C@@H](O)CSc2nnc(-c3ccc(Cl)cc3)n2C)c1C. The van der Waals surface area contributed by atoms with Gasteiger partial charge in [-0.1, -0.05) is 35.5 Å². The van der Waals surface area contributed by atoms with Gasteiger partial charge in [-0.3, -0.25) is 0 Å². The molecule has 3 aromatic rings. The summed E-state index contributed by atoms with van der Waals surface area (Å²) in [4.78, 5) is 0. The van der Waals surface area contributed by atoms with Gasteiger partial charge in [-0.05, 0) is 61.7 Å². The van der Waals surface area contributed by atoms with Crippen LogP contribution in [0.15, 0.2) is 41.6 Å². The smallest absolute Gasteiger partial charge is 0.191 e. The Labute approximate surface area is 174 Å². The van der Waals surface area contributed by atoms with Crippen molar-refractivity contribution in [3.63, 3.8) is 0 Å². The van der Waals surface area contributed by atoms with E-state index in [1.807, 2.05) is 55.8 Å². The molecule has 0 fully saturated rings. The molecule has 0 radical (unpaired) electrons.